The highest BCUT2D eigenvalue weighted by molar-refractivity contribution is 5.92. The van der Waals surface area contributed by atoms with Crippen molar-refractivity contribution in [2.75, 3.05) is 23.3 Å². The highest BCUT2D eigenvalue weighted by Crippen LogP contribution is 2.23. The van der Waals surface area contributed by atoms with Gasteiger partial charge in [-0.05, 0) is 65.6 Å². The smallest absolute Gasteiger partial charge is 0.228 e. The van der Waals surface area contributed by atoms with Crippen molar-refractivity contribution in [2.45, 2.75) is 25.7 Å². The molecule has 138 valence electrons. The Morgan fingerprint density at radius 2 is 1.81 bits per heavy atom. The highest BCUT2D eigenvalue weighted by Gasteiger charge is 2.12. The number of nitrogens with zero attached hydrogens (tertiary/aromatic N) is 5. The summed E-state index contributed by atoms with van der Waals surface area (Å²) in [6.07, 6.45) is 5.63. The third-order valence-corrected chi connectivity index (χ3v) is 4.77. The van der Waals surface area contributed by atoms with Gasteiger partial charge < -0.3 is 10.2 Å². The average molecular weight is 362 g/mol. The van der Waals surface area contributed by atoms with Gasteiger partial charge >= 0.3 is 0 Å². The lowest BCUT2D eigenvalue weighted by Crippen LogP contribution is -2.29. The number of anilines is 2. The fourth-order valence-corrected chi connectivity index (χ4v) is 3.37. The highest BCUT2D eigenvalue weighted by atomic mass is 16.1. The van der Waals surface area contributed by atoms with Crippen molar-refractivity contribution in [3.05, 3.63) is 60.4 Å². The summed E-state index contributed by atoms with van der Waals surface area (Å²) in [5, 5.41) is 14.1. The van der Waals surface area contributed by atoms with Crippen molar-refractivity contribution in [3.63, 3.8) is 0 Å². The van der Waals surface area contributed by atoms with Gasteiger partial charge in [-0.2, -0.15) is 0 Å². The fourth-order valence-electron chi connectivity index (χ4n) is 3.37. The van der Waals surface area contributed by atoms with Crippen LogP contribution in [0.5, 0.6) is 0 Å². The lowest BCUT2D eigenvalue weighted by Gasteiger charge is -2.29. The molecule has 0 saturated carbocycles. The largest absolute Gasteiger partial charge is 0.371 e. The quantitative estimate of drug-likeness (QED) is 0.755. The molecule has 3 aromatic rings. The number of benzene rings is 2. The first kappa shape index (κ1) is 17.2. The standard InChI is InChI=1S/C20H22N6O/c27-20(13-16-7-9-18(10-8-16)26-15-21-23-24-26)22-17-5-4-6-19(14-17)25-11-2-1-3-12-25/h4-10,14-15H,1-3,11-13H2,(H,22,27). The molecule has 0 unspecified atom stereocenters. The molecule has 0 bridgehead atoms. The molecule has 27 heavy (non-hydrogen) atoms. The summed E-state index contributed by atoms with van der Waals surface area (Å²) in [4.78, 5) is 14.8. The maximum atomic E-state index is 12.4. The number of rotatable bonds is 5. The molecule has 1 amide bonds. The molecule has 7 heteroatoms. The maximum absolute atomic E-state index is 12.4. The summed E-state index contributed by atoms with van der Waals surface area (Å²) in [6, 6.07) is 15.7. The van der Waals surface area contributed by atoms with E-state index in [4.69, 9.17) is 0 Å². The van der Waals surface area contributed by atoms with E-state index >= 15 is 0 Å². The molecule has 4 rings (SSSR count). The van der Waals surface area contributed by atoms with Crippen LogP contribution in [0.25, 0.3) is 5.69 Å². The molecule has 1 saturated heterocycles. The van der Waals surface area contributed by atoms with E-state index in [0.29, 0.717) is 6.42 Å². The van der Waals surface area contributed by atoms with Crippen LogP contribution in [-0.4, -0.2) is 39.2 Å². The molecular weight excluding hydrogens is 340 g/mol. The summed E-state index contributed by atoms with van der Waals surface area (Å²) >= 11 is 0. The van der Waals surface area contributed by atoms with Crippen molar-refractivity contribution in [3.8, 4) is 5.69 Å². The molecule has 1 N–H and O–H groups in total. The fraction of sp³-hybridized carbons (Fsp3) is 0.300. The SMILES string of the molecule is O=C(Cc1ccc(-n2cnnn2)cc1)Nc1cccc(N2CCCCC2)c1. The van der Waals surface area contributed by atoms with Crippen molar-refractivity contribution in [1.29, 1.82) is 0 Å². The van der Waals surface area contributed by atoms with Crippen molar-refractivity contribution in [2.24, 2.45) is 0 Å². The molecule has 1 aromatic heterocycles. The summed E-state index contributed by atoms with van der Waals surface area (Å²) in [6.45, 7) is 2.18. The van der Waals surface area contributed by atoms with Gasteiger partial charge in [0.2, 0.25) is 5.91 Å². The molecule has 0 atom stereocenters. The molecular formula is C20H22N6O. The number of aromatic nitrogens is 4. The number of carbonyl (C=O) groups excluding carboxylic acids is 1. The minimum absolute atomic E-state index is 0.0269. The monoisotopic (exact) mass is 362 g/mol. The minimum Gasteiger partial charge on any atom is -0.371 e. The number of tetrazole rings is 1. The Hall–Kier alpha value is -3.22. The van der Waals surface area contributed by atoms with Crippen LogP contribution >= 0.6 is 0 Å². The van der Waals surface area contributed by atoms with Gasteiger partial charge in [0, 0.05) is 24.5 Å². The molecule has 0 spiro atoms. The Bertz CT molecular complexity index is 885. The van der Waals surface area contributed by atoms with E-state index in [1.54, 1.807) is 4.68 Å². The Morgan fingerprint density at radius 3 is 2.56 bits per heavy atom. The first-order valence-corrected chi connectivity index (χ1v) is 9.25. The lowest BCUT2D eigenvalue weighted by molar-refractivity contribution is -0.115. The number of piperidine rings is 1. The van der Waals surface area contributed by atoms with Gasteiger partial charge in [0.05, 0.1) is 12.1 Å². The van der Waals surface area contributed by atoms with Gasteiger partial charge in [0.1, 0.15) is 6.33 Å². The van der Waals surface area contributed by atoms with Crippen molar-refractivity contribution < 1.29 is 4.79 Å². The number of amides is 1. The summed E-state index contributed by atoms with van der Waals surface area (Å²) in [7, 11) is 0. The van der Waals surface area contributed by atoms with Crippen LogP contribution in [0.15, 0.2) is 54.9 Å². The van der Waals surface area contributed by atoms with E-state index in [9.17, 15) is 4.79 Å². The predicted octanol–water partition coefficient (Wildman–Crippen LogP) is 2.83. The van der Waals surface area contributed by atoms with E-state index in [1.165, 1.54) is 31.3 Å². The van der Waals surface area contributed by atoms with E-state index < -0.39 is 0 Å². The zero-order valence-corrected chi connectivity index (χ0v) is 15.1. The van der Waals surface area contributed by atoms with Gasteiger partial charge in [0.25, 0.3) is 0 Å². The minimum atomic E-state index is -0.0269. The third kappa shape index (κ3) is 4.31. The van der Waals surface area contributed by atoms with Crippen molar-refractivity contribution >= 4 is 17.3 Å². The normalized spacial score (nSPS) is 14.1. The number of nitrogens with one attached hydrogen (secondary N) is 1. The molecule has 2 heterocycles. The number of hydrogen-bond donors (Lipinski definition) is 1. The van der Waals surface area contributed by atoms with Crippen LogP contribution in [-0.2, 0) is 11.2 Å². The van der Waals surface area contributed by atoms with E-state index in [1.807, 2.05) is 36.4 Å². The topological polar surface area (TPSA) is 75.9 Å². The molecule has 0 radical (unpaired) electrons. The first-order chi connectivity index (χ1) is 13.3. The Morgan fingerprint density at radius 1 is 1.00 bits per heavy atom. The second-order valence-corrected chi connectivity index (χ2v) is 6.74. The van der Waals surface area contributed by atoms with Gasteiger partial charge in [-0.25, -0.2) is 4.68 Å². The summed E-state index contributed by atoms with van der Waals surface area (Å²) in [5.74, 6) is -0.0269. The van der Waals surface area contributed by atoms with Crippen LogP contribution in [0.2, 0.25) is 0 Å². The van der Waals surface area contributed by atoms with Crippen molar-refractivity contribution in [1.82, 2.24) is 20.2 Å². The Labute approximate surface area is 158 Å². The van der Waals surface area contributed by atoms with Crippen LogP contribution in [0.1, 0.15) is 24.8 Å². The average Bonchev–Trinajstić information content (AvgIpc) is 3.24. The maximum Gasteiger partial charge on any atom is 0.228 e. The second kappa shape index (κ2) is 7.99. The lowest BCUT2D eigenvalue weighted by atomic mass is 10.1. The molecule has 0 aliphatic carbocycles. The molecule has 1 aliphatic heterocycles. The van der Waals surface area contributed by atoms with Crippen LogP contribution in [0.4, 0.5) is 11.4 Å². The molecule has 2 aromatic carbocycles. The molecule has 1 aliphatic rings. The number of hydrogen-bond acceptors (Lipinski definition) is 5. The van der Waals surface area contributed by atoms with Gasteiger partial charge in [0.15, 0.2) is 0 Å². The van der Waals surface area contributed by atoms with E-state index in [2.05, 4.69) is 37.9 Å². The van der Waals surface area contributed by atoms with Crippen LogP contribution in [0, 0.1) is 0 Å². The molecule has 7 nitrogen and oxygen atoms in total. The Balaban J connectivity index is 1.38. The number of carbonyl (C=O) groups is 1. The first-order valence-electron chi connectivity index (χ1n) is 9.25. The Kier molecular flexibility index (Phi) is 5.09. The zero-order chi connectivity index (χ0) is 18.5. The molecule has 1 fully saturated rings. The van der Waals surface area contributed by atoms with Crippen LogP contribution < -0.4 is 10.2 Å². The third-order valence-electron chi connectivity index (χ3n) is 4.77. The van der Waals surface area contributed by atoms with Crippen LogP contribution in [0.3, 0.4) is 0 Å². The van der Waals surface area contributed by atoms with E-state index in [-0.39, 0.29) is 5.91 Å². The predicted molar refractivity (Wildman–Crippen MR) is 104 cm³/mol. The van der Waals surface area contributed by atoms with Gasteiger partial charge in [-0.15, -0.1) is 5.10 Å². The van der Waals surface area contributed by atoms with Gasteiger partial charge in [-0.1, -0.05) is 18.2 Å². The van der Waals surface area contributed by atoms with Gasteiger partial charge in [-0.3, -0.25) is 4.79 Å². The van der Waals surface area contributed by atoms with E-state index in [0.717, 1.165) is 30.0 Å². The zero-order valence-electron chi connectivity index (χ0n) is 15.1. The second-order valence-electron chi connectivity index (χ2n) is 6.74. The summed E-state index contributed by atoms with van der Waals surface area (Å²) in [5.41, 5.74) is 3.82. The summed E-state index contributed by atoms with van der Waals surface area (Å²) < 4.78 is 1.58.